The van der Waals surface area contributed by atoms with Crippen LogP contribution in [-0.4, -0.2) is 10.2 Å². The lowest BCUT2D eigenvalue weighted by Crippen LogP contribution is -1.87. The Hall–Kier alpha value is 0.520. The van der Waals surface area contributed by atoms with Gasteiger partial charge in [-0.25, -0.2) is 0 Å². The molecule has 0 spiro atoms. The first-order chi connectivity index (χ1) is 4.33. The summed E-state index contributed by atoms with van der Waals surface area (Å²) in [7, 11) is 0. The van der Waals surface area contributed by atoms with Crippen LogP contribution in [0, 0.1) is 0 Å². The third-order valence-electron chi connectivity index (χ3n) is 0.824. The van der Waals surface area contributed by atoms with Gasteiger partial charge in [-0.3, -0.25) is 0 Å². The van der Waals surface area contributed by atoms with E-state index in [0.717, 1.165) is 15.6 Å². The summed E-state index contributed by atoms with van der Waals surface area (Å²) in [5, 5.41) is 8.40. The highest BCUT2D eigenvalue weighted by molar-refractivity contribution is 9.10. The standard InChI is InChI=1S/C5H4Br2N2.BrH/c6-3-4-1-2-5(7)9-8-4;/h1-2H,3H2;1H. The summed E-state index contributed by atoms with van der Waals surface area (Å²) >= 11 is 6.45. The lowest BCUT2D eigenvalue weighted by Gasteiger charge is -1.89. The molecular weight excluding hydrogens is 328 g/mol. The van der Waals surface area contributed by atoms with Crippen LogP contribution in [0.4, 0.5) is 0 Å². The predicted octanol–water partition coefficient (Wildman–Crippen LogP) is 2.71. The molecule has 0 amide bonds. The number of hydrogen-bond donors (Lipinski definition) is 0. The smallest absolute Gasteiger partial charge is 0.128 e. The van der Waals surface area contributed by atoms with Crippen molar-refractivity contribution in [1.29, 1.82) is 0 Å². The maximum Gasteiger partial charge on any atom is 0.128 e. The van der Waals surface area contributed by atoms with Crippen LogP contribution in [-0.2, 0) is 5.33 Å². The first kappa shape index (κ1) is 10.5. The molecule has 1 aromatic heterocycles. The second-order valence-electron chi connectivity index (χ2n) is 1.48. The lowest BCUT2D eigenvalue weighted by molar-refractivity contribution is 0.954. The molecule has 5 heteroatoms. The van der Waals surface area contributed by atoms with Gasteiger partial charge < -0.3 is 0 Å². The zero-order chi connectivity index (χ0) is 6.69. The molecule has 2 nitrogen and oxygen atoms in total. The largest absolute Gasteiger partial charge is 0.154 e. The molecule has 0 unspecified atom stereocenters. The monoisotopic (exact) mass is 330 g/mol. The van der Waals surface area contributed by atoms with Crippen molar-refractivity contribution in [1.82, 2.24) is 10.2 Å². The van der Waals surface area contributed by atoms with Gasteiger partial charge in [0.2, 0.25) is 0 Å². The third-order valence-corrected chi connectivity index (χ3v) is 1.82. The lowest BCUT2D eigenvalue weighted by atomic mass is 10.4. The van der Waals surface area contributed by atoms with E-state index in [1.54, 1.807) is 0 Å². The van der Waals surface area contributed by atoms with E-state index in [-0.39, 0.29) is 17.0 Å². The van der Waals surface area contributed by atoms with Crippen molar-refractivity contribution in [3.8, 4) is 0 Å². The molecular formula is C5H5Br3N2. The van der Waals surface area contributed by atoms with E-state index in [4.69, 9.17) is 0 Å². The Morgan fingerprint density at radius 3 is 2.40 bits per heavy atom. The molecule has 56 valence electrons. The molecule has 0 saturated carbocycles. The maximum absolute atomic E-state index is 3.85. The van der Waals surface area contributed by atoms with Gasteiger partial charge in [-0.2, -0.15) is 5.10 Å². The fourth-order valence-electron chi connectivity index (χ4n) is 0.415. The molecule has 0 fully saturated rings. The number of halogens is 3. The van der Waals surface area contributed by atoms with E-state index in [2.05, 4.69) is 42.1 Å². The Morgan fingerprint density at radius 2 is 2.00 bits per heavy atom. The zero-order valence-corrected chi connectivity index (χ0v) is 9.81. The van der Waals surface area contributed by atoms with Gasteiger partial charge in [0.1, 0.15) is 4.60 Å². The van der Waals surface area contributed by atoms with Crippen molar-refractivity contribution in [3.63, 3.8) is 0 Å². The third kappa shape index (κ3) is 3.07. The van der Waals surface area contributed by atoms with Gasteiger partial charge in [-0.1, -0.05) is 15.9 Å². The first-order valence-corrected chi connectivity index (χ1v) is 4.28. The Morgan fingerprint density at radius 1 is 1.30 bits per heavy atom. The zero-order valence-electron chi connectivity index (χ0n) is 4.92. The highest BCUT2D eigenvalue weighted by Crippen LogP contribution is 2.05. The average molecular weight is 333 g/mol. The quantitative estimate of drug-likeness (QED) is 0.739. The van der Waals surface area contributed by atoms with E-state index >= 15 is 0 Å². The molecule has 0 aliphatic heterocycles. The van der Waals surface area contributed by atoms with Crippen LogP contribution >= 0.6 is 48.8 Å². The second kappa shape index (κ2) is 5.21. The van der Waals surface area contributed by atoms with Gasteiger partial charge in [0.15, 0.2) is 0 Å². The summed E-state index contributed by atoms with van der Waals surface area (Å²) in [6.45, 7) is 0. The highest BCUT2D eigenvalue weighted by atomic mass is 79.9. The minimum atomic E-state index is 0. The van der Waals surface area contributed by atoms with Crippen molar-refractivity contribution in [2.24, 2.45) is 0 Å². The Labute approximate surface area is 86.5 Å². The van der Waals surface area contributed by atoms with Crippen molar-refractivity contribution >= 4 is 48.8 Å². The van der Waals surface area contributed by atoms with Gasteiger partial charge in [-0.15, -0.1) is 22.1 Å². The molecule has 1 aromatic rings. The number of rotatable bonds is 1. The van der Waals surface area contributed by atoms with E-state index < -0.39 is 0 Å². The van der Waals surface area contributed by atoms with Crippen LogP contribution in [0.25, 0.3) is 0 Å². The Kier molecular flexibility index (Phi) is 5.48. The number of hydrogen-bond acceptors (Lipinski definition) is 2. The molecule has 0 atom stereocenters. The summed E-state index contributed by atoms with van der Waals surface area (Å²) < 4.78 is 0.771. The maximum atomic E-state index is 3.85. The van der Waals surface area contributed by atoms with E-state index in [1.165, 1.54) is 0 Å². The van der Waals surface area contributed by atoms with Crippen molar-refractivity contribution in [3.05, 3.63) is 22.4 Å². The van der Waals surface area contributed by atoms with Gasteiger partial charge in [0, 0.05) is 5.33 Å². The average Bonchev–Trinajstić information content (AvgIpc) is 1.90. The summed E-state index contributed by atoms with van der Waals surface area (Å²) in [6.07, 6.45) is 0. The molecule has 0 saturated heterocycles. The Bertz CT molecular complexity index is 187. The fourth-order valence-corrected chi connectivity index (χ4v) is 0.925. The van der Waals surface area contributed by atoms with Crippen LogP contribution in [0.5, 0.6) is 0 Å². The van der Waals surface area contributed by atoms with Crippen molar-refractivity contribution in [2.45, 2.75) is 5.33 Å². The van der Waals surface area contributed by atoms with Crippen LogP contribution in [0.1, 0.15) is 5.69 Å². The number of nitrogens with zero attached hydrogens (tertiary/aromatic N) is 2. The summed E-state index contributed by atoms with van der Waals surface area (Å²) in [5.41, 5.74) is 0.943. The Balaban J connectivity index is 0.000000810. The van der Waals surface area contributed by atoms with Gasteiger partial charge in [-0.05, 0) is 28.1 Å². The van der Waals surface area contributed by atoms with Gasteiger partial charge >= 0.3 is 0 Å². The molecule has 10 heavy (non-hydrogen) atoms. The van der Waals surface area contributed by atoms with Crippen LogP contribution in [0.2, 0.25) is 0 Å². The van der Waals surface area contributed by atoms with Gasteiger partial charge in [0.25, 0.3) is 0 Å². The molecule has 0 aliphatic carbocycles. The first-order valence-electron chi connectivity index (χ1n) is 2.37. The minimum Gasteiger partial charge on any atom is -0.154 e. The van der Waals surface area contributed by atoms with Crippen molar-refractivity contribution in [2.75, 3.05) is 0 Å². The highest BCUT2D eigenvalue weighted by Gasteiger charge is 1.90. The van der Waals surface area contributed by atoms with Crippen LogP contribution in [0.15, 0.2) is 16.7 Å². The van der Waals surface area contributed by atoms with Crippen molar-refractivity contribution < 1.29 is 0 Å². The summed E-state index contributed by atoms with van der Waals surface area (Å²) in [6, 6.07) is 3.77. The molecule has 0 aromatic carbocycles. The molecule has 1 rings (SSSR count). The number of aromatic nitrogens is 2. The SMILES string of the molecule is Br.BrCc1ccc(Br)nn1. The normalized spacial score (nSPS) is 8.60. The van der Waals surface area contributed by atoms with E-state index in [0.29, 0.717) is 0 Å². The summed E-state index contributed by atoms with van der Waals surface area (Å²) in [5.74, 6) is 0. The molecule has 1 heterocycles. The van der Waals surface area contributed by atoms with E-state index in [9.17, 15) is 0 Å². The fraction of sp³-hybridized carbons (Fsp3) is 0.200. The number of alkyl halides is 1. The molecule has 0 aliphatic rings. The van der Waals surface area contributed by atoms with Crippen LogP contribution < -0.4 is 0 Å². The van der Waals surface area contributed by atoms with E-state index in [1.807, 2.05) is 12.1 Å². The second-order valence-corrected chi connectivity index (χ2v) is 2.85. The van der Waals surface area contributed by atoms with Crippen LogP contribution in [0.3, 0.4) is 0 Å². The molecule has 0 radical (unpaired) electrons. The minimum absolute atomic E-state index is 0. The molecule has 0 N–H and O–H groups in total. The predicted molar refractivity (Wildman–Crippen MR) is 52.7 cm³/mol. The topological polar surface area (TPSA) is 25.8 Å². The van der Waals surface area contributed by atoms with Gasteiger partial charge in [0.05, 0.1) is 5.69 Å². The molecule has 0 bridgehead atoms. The summed E-state index contributed by atoms with van der Waals surface area (Å²) in [4.78, 5) is 0.